The summed E-state index contributed by atoms with van der Waals surface area (Å²) in [5.74, 6) is 0.850. The lowest BCUT2D eigenvalue weighted by atomic mass is 9.88. The first-order valence-corrected chi connectivity index (χ1v) is 18.3. The maximum absolute atomic E-state index is 14.5. The molecule has 5 N–H and O–H groups in total. The highest BCUT2D eigenvalue weighted by Crippen LogP contribution is 2.38. The molecule has 0 radical (unpaired) electrons. The molecule has 3 aliphatic rings. The van der Waals surface area contributed by atoms with Gasteiger partial charge in [-0.3, -0.25) is 4.90 Å². The van der Waals surface area contributed by atoms with Crippen molar-refractivity contribution in [3.63, 3.8) is 0 Å². The van der Waals surface area contributed by atoms with Crippen molar-refractivity contribution < 1.29 is 33.9 Å². The predicted molar refractivity (Wildman–Crippen MR) is 186 cm³/mol. The first-order valence-electron chi connectivity index (χ1n) is 17.0. The van der Waals surface area contributed by atoms with Gasteiger partial charge in [-0.1, -0.05) is 61.9 Å². The molecule has 3 fully saturated rings. The fourth-order valence-electron chi connectivity index (χ4n) is 7.42. The summed E-state index contributed by atoms with van der Waals surface area (Å²) in [6.07, 6.45) is -0.637. The number of aliphatic hydroxyl groups is 3. The van der Waals surface area contributed by atoms with Crippen LogP contribution in [0, 0.1) is 12.7 Å². The molecule has 0 aliphatic carbocycles. The Morgan fingerprint density at radius 3 is 2.48 bits per heavy atom. The second-order valence-corrected chi connectivity index (χ2v) is 14.9. The zero-order valence-electron chi connectivity index (χ0n) is 28.2. The molecule has 0 spiro atoms. The molecule has 48 heavy (non-hydrogen) atoms. The molecule has 3 aliphatic heterocycles. The fourth-order valence-corrected chi connectivity index (χ4v) is 8.09. The van der Waals surface area contributed by atoms with E-state index in [1.165, 1.54) is 23.4 Å². The molecule has 0 unspecified atom stereocenters. The Labute approximate surface area is 287 Å². The highest BCUT2D eigenvalue weighted by Gasteiger charge is 2.44. The summed E-state index contributed by atoms with van der Waals surface area (Å²) >= 11 is 1.31. The number of likely N-dealkylation sites (tertiary alicyclic amines) is 1. The fraction of sp³-hybridized carbons (Fsp3) is 0.526. The minimum absolute atomic E-state index is 0.0594. The molecule has 8 nitrogen and oxygen atoms in total. The maximum atomic E-state index is 14.5. The van der Waals surface area contributed by atoms with Gasteiger partial charge in [0.25, 0.3) is 0 Å². The third-order valence-electron chi connectivity index (χ3n) is 10.1. The molecular weight excluding hydrogens is 631 g/mol. The first kappa shape index (κ1) is 35.3. The molecule has 3 aromatic rings. The smallest absolute Gasteiger partial charge is 0.132 e. The number of hydrogen-bond donors (Lipinski definition) is 4. The number of halogens is 1. The van der Waals surface area contributed by atoms with Crippen molar-refractivity contribution in [1.82, 2.24) is 4.90 Å². The number of nitrogens with two attached hydrogens (primary N) is 1. The molecule has 3 heterocycles. The van der Waals surface area contributed by atoms with E-state index in [0.29, 0.717) is 24.5 Å². The van der Waals surface area contributed by atoms with Gasteiger partial charge >= 0.3 is 0 Å². The molecule has 260 valence electrons. The molecule has 9 atom stereocenters. The van der Waals surface area contributed by atoms with Gasteiger partial charge in [0.1, 0.15) is 53.6 Å². The van der Waals surface area contributed by atoms with E-state index in [4.69, 9.17) is 19.9 Å². The van der Waals surface area contributed by atoms with Crippen LogP contribution in [-0.4, -0.2) is 88.1 Å². The third kappa shape index (κ3) is 7.61. The van der Waals surface area contributed by atoms with Gasteiger partial charge in [-0.15, -0.1) is 11.8 Å². The Kier molecular flexibility index (Phi) is 11.1. The standard InChI is InChI=1S/C38H49FN2O6S/c1-21(2)29-11-8-24(36-34(43)33(42)35(44)38(47-36)48-4)17-25(29)16-23-6-9-27(10-7-23)46-28-13-14-41(19-28)26-18-32(40)37(45-20-26)30-15-22(3)5-12-31(30)39/h5-12,15,17,21,26,28,32-38,42-44H,13-14,16,18-20,40H2,1-4H3/t26-,28+,32-,33+,34+,35-,36-,37+,38+/m0/s1. The van der Waals surface area contributed by atoms with Crippen molar-refractivity contribution in [2.75, 3.05) is 26.0 Å². The Bertz CT molecular complexity index is 1540. The number of benzene rings is 3. The van der Waals surface area contributed by atoms with E-state index < -0.39 is 36.0 Å². The summed E-state index contributed by atoms with van der Waals surface area (Å²) in [6.45, 7) is 8.46. The summed E-state index contributed by atoms with van der Waals surface area (Å²) in [5, 5.41) is 31.6. The second kappa shape index (κ2) is 15.1. The number of hydrogen-bond acceptors (Lipinski definition) is 9. The van der Waals surface area contributed by atoms with Gasteiger partial charge in [0.15, 0.2) is 0 Å². The summed E-state index contributed by atoms with van der Waals surface area (Å²) in [5.41, 5.74) is 11.7. The van der Waals surface area contributed by atoms with Gasteiger partial charge in [-0.25, -0.2) is 4.39 Å². The third-order valence-corrected chi connectivity index (χ3v) is 10.9. The molecule has 6 rings (SSSR count). The van der Waals surface area contributed by atoms with E-state index in [0.717, 1.165) is 53.9 Å². The van der Waals surface area contributed by atoms with Crippen LogP contribution in [0.4, 0.5) is 4.39 Å². The molecule has 0 aromatic heterocycles. The molecular formula is C38H49FN2O6S. The lowest BCUT2D eigenvalue weighted by molar-refractivity contribution is -0.200. The topological polar surface area (TPSA) is 118 Å². The van der Waals surface area contributed by atoms with Gasteiger partial charge in [0, 0.05) is 30.7 Å². The van der Waals surface area contributed by atoms with Crippen LogP contribution in [0.2, 0.25) is 0 Å². The van der Waals surface area contributed by atoms with Crippen LogP contribution in [0.3, 0.4) is 0 Å². The zero-order valence-corrected chi connectivity index (χ0v) is 29.0. The van der Waals surface area contributed by atoms with E-state index in [9.17, 15) is 19.7 Å². The van der Waals surface area contributed by atoms with Crippen molar-refractivity contribution in [1.29, 1.82) is 0 Å². The molecule has 0 bridgehead atoms. The van der Waals surface area contributed by atoms with Crippen molar-refractivity contribution >= 4 is 11.8 Å². The highest BCUT2D eigenvalue weighted by atomic mass is 32.2. The quantitative estimate of drug-likeness (QED) is 0.248. The number of ether oxygens (including phenoxy) is 3. The van der Waals surface area contributed by atoms with Crippen LogP contribution in [0.15, 0.2) is 60.7 Å². The van der Waals surface area contributed by atoms with Crippen LogP contribution in [0.1, 0.15) is 78.2 Å². The van der Waals surface area contributed by atoms with Crippen molar-refractivity contribution in [2.45, 2.75) is 100 Å². The van der Waals surface area contributed by atoms with Crippen LogP contribution in [-0.2, 0) is 15.9 Å². The number of rotatable bonds is 9. The normalized spacial score (nSPS) is 31.3. The molecule has 3 saturated heterocycles. The van der Waals surface area contributed by atoms with E-state index >= 15 is 0 Å². The van der Waals surface area contributed by atoms with Crippen molar-refractivity contribution in [2.24, 2.45) is 5.73 Å². The van der Waals surface area contributed by atoms with Crippen LogP contribution in [0.25, 0.3) is 0 Å². The van der Waals surface area contributed by atoms with Crippen LogP contribution >= 0.6 is 11.8 Å². The van der Waals surface area contributed by atoms with E-state index in [-0.39, 0.29) is 24.0 Å². The molecule has 3 aromatic carbocycles. The van der Waals surface area contributed by atoms with Crippen molar-refractivity contribution in [3.05, 3.63) is 99.9 Å². The molecule has 0 saturated carbocycles. The summed E-state index contributed by atoms with van der Waals surface area (Å²) in [4.78, 5) is 2.39. The van der Waals surface area contributed by atoms with Gasteiger partial charge in [0.2, 0.25) is 0 Å². The summed E-state index contributed by atoms with van der Waals surface area (Å²) < 4.78 is 33.1. The monoisotopic (exact) mass is 680 g/mol. The molecule has 10 heteroatoms. The van der Waals surface area contributed by atoms with Gasteiger partial charge in [-0.2, -0.15) is 0 Å². The second-order valence-electron chi connectivity index (χ2n) is 13.9. The maximum Gasteiger partial charge on any atom is 0.132 e. The summed E-state index contributed by atoms with van der Waals surface area (Å²) in [6, 6.07) is 19.3. The lowest BCUT2D eigenvalue weighted by Gasteiger charge is -2.40. The Morgan fingerprint density at radius 1 is 1.00 bits per heavy atom. The predicted octanol–water partition coefficient (Wildman–Crippen LogP) is 5.00. The average molecular weight is 681 g/mol. The van der Waals surface area contributed by atoms with Gasteiger partial charge < -0.3 is 35.3 Å². The lowest BCUT2D eigenvalue weighted by Crippen LogP contribution is -2.52. The van der Waals surface area contributed by atoms with Gasteiger partial charge in [0.05, 0.1) is 6.61 Å². The number of thioether (sulfide) groups is 1. The van der Waals surface area contributed by atoms with E-state index in [2.05, 4.69) is 43.0 Å². The average Bonchev–Trinajstić information content (AvgIpc) is 3.54. The van der Waals surface area contributed by atoms with E-state index in [1.807, 2.05) is 37.4 Å². The highest BCUT2D eigenvalue weighted by molar-refractivity contribution is 7.99. The summed E-state index contributed by atoms with van der Waals surface area (Å²) in [7, 11) is 0. The Morgan fingerprint density at radius 2 is 1.77 bits per heavy atom. The SMILES string of the molecule is CS[C@H]1O[C@@H](c2ccc(C(C)C)c(Cc3ccc(O[C@@H]4CCN([C@@H]5CO[C@H](c6cc(C)ccc6F)[C@@H](N)C5)C4)cc3)c2)[C@H](O)[C@@H](O)[C@@H]1O. The first-order chi connectivity index (χ1) is 23.0. The molecule has 0 amide bonds. The number of aliphatic hydroxyl groups excluding tert-OH is 3. The van der Waals surface area contributed by atoms with Crippen molar-refractivity contribution in [3.8, 4) is 5.75 Å². The van der Waals surface area contributed by atoms with Crippen LogP contribution < -0.4 is 10.5 Å². The number of nitrogens with zero attached hydrogens (tertiary/aromatic N) is 1. The Hall–Kier alpha value is -2.54. The van der Waals surface area contributed by atoms with Crippen LogP contribution in [0.5, 0.6) is 5.75 Å². The number of aryl methyl sites for hydroxylation is 1. The minimum Gasteiger partial charge on any atom is -0.489 e. The minimum atomic E-state index is -1.29. The largest absolute Gasteiger partial charge is 0.489 e. The Balaban J connectivity index is 1.06. The zero-order chi connectivity index (χ0) is 34.1. The van der Waals surface area contributed by atoms with Gasteiger partial charge in [-0.05, 0) is 78.8 Å². The van der Waals surface area contributed by atoms with E-state index in [1.54, 1.807) is 6.07 Å².